The Kier molecular flexibility index (Phi) is 4.43. The van der Waals surface area contributed by atoms with Crippen molar-refractivity contribution in [3.8, 4) is 11.3 Å². The van der Waals surface area contributed by atoms with Gasteiger partial charge in [0.15, 0.2) is 0 Å². The third kappa shape index (κ3) is 3.21. The molecular formula is C18H22N4O4S. The van der Waals surface area contributed by atoms with Crippen LogP contribution in [0.4, 0.5) is 4.79 Å². The van der Waals surface area contributed by atoms with Crippen LogP contribution in [0.2, 0.25) is 0 Å². The minimum absolute atomic E-state index is 0.255. The molecule has 0 bridgehead atoms. The monoisotopic (exact) mass is 390 g/mol. The molecule has 1 N–H and O–H groups in total. The molecule has 1 spiro atoms. The average Bonchev–Trinajstić information content (AvgIpc) is 3.21. The largest absolute Gasteiger partial charge is 0.441 e. The van der Waals surface area contributed by atoms with Gasteiger partial charge in [0.05, 0.1) is 17.1 Å². The molecule has 8 nitrogen and oxygen atoms in total. The van der Waals surface area contributed by atoms with Crippen molar-refractivity contribution < 1.29 is 17.9 Å². The van der Waals surface area contributed by atoms with Gasteiger partial charge in [-0.05, 0) is 25.0 Å². The van der Waals surface area contributed by atoms with Gasteiger partial charge >= 0.3 is 6.09 Å². The second-order valence-electron chi connectivity index (χ2n) is 7.13. The van der Waals surface area contributed by atoms with Crippen molar-refractivity contribution in [2.24, 2.45) is 0 Å². The number of likely N-dealkylation sites (N-methyl/N-ethyl adjacent to an activating group) is 1. The predicted molar refractivity (Wildman–Crippen MR) is 98.5 cm³/mol. The summed E-state index contributed by atoms with van der Waals surface area (Å²) in [6.07, 6.45) is 3.06. The van der Waals surface area contributed by atoms with E-state index in [0.717, 1.165) is 0 Å². The molecule has 0 radical (unpaired) electrons. The maximum absolute atomic E-state index is 13.4. The van der Waals surface area contributed by atoms with Crippen molar-refractivity contribution in [1.82, 2.24) is 19.4 Å². The van der Waals surface area contributed by atoms with E-state index in [1.165, 1.54) is 4.31 Å². The van der Waals surface area contributed by atoms with Gasteiger partial charge in [-0.25, -0.2) is 13.2 Å². The molecule has 4 rings (SSSR count). The second-order valence-corrected chi connectivity index (χ2v) is 9.04. The van der Waals surface area contributed by atoms with Gasteiger partial charge in [-0.15, -0.1) is 0 Å². The first kappa shape index (κ1) is 18.0. The van der Waals surface area contributed by atoms with Crippen molar-refractivity contribution in [2.75, 3.05) is 26.7 Å². The summed E-state index contributed by atoms with van der Waals surface area (Å²) in [5, 5.41) is 6.76. The number of ether oxygens (including phenoxy) is 1. The molecule has 2 fully saturated rings. The standard InChI is InChI=1S/C18H22N4O4S/c1-21-13-18(26-17(21)23)8-4-11-22(12-9-18)27(24,25)16-6-3-2-5-14(16)15-7-10-19-20-15/h2-3,5-7,10H,4,8-9,11-13H2,1H3,(H,19,20). The van der Waals surface area contributed by atoms with Gasteiger partial charge in [0.1, 0.15) is 5.60 Å². The number of hydrogen-bond acceptors (Lipinski definition) is 5. The van der Waals surface area contributed by atoms with Crippen LogP contribution in [0, 0.1) is 0 Å². The number of aromatic nitrogens is 2. The molecule has 2 aliphatic heterocycles. The fourth-order valence-corrected chi connectivity index (χ4v) is 5.58. The summed E-state index contributed by atoms with van der Waals surface area (Å²) in [6, 6.07) is 8.67. The van der Waals surface area contributed by atoms with Crippen molar-refractivity contribution in [2.45, 2.75) is 29.8 Å². The first-order chi connectivity index (χ1) is 12.9. The third-order valence-corrected chi connectivity index (χ3v) is 7.25. The van der Waals surface area contributed by atoms with Gasteiger partial charge in [-0.2, -0.15) is 9.40 Å². The quantitative estimate of drug-likeness (QED) is 0.866. The maximum Gasteiger partial charge on any atom is 0.410 e. The number of hydrogen-bond donors (Lipinski definition) is 1. The van der Waals surface area contributed by atoms with E-state index in [0.29, 0.717) is 50.2 Å². The number of aromatic amines is 1. The number of nitrogens with zero attached hydrogens (tertiary/aromatic N) is 3. The molecule has 1 unspecified atom stereocenters. The highest BCUT2D eigenvalue weighted by Crippen LogP contribution is 2.35. The molecule has 2 saturated heterocycles. The molecule has 27 heavy (non-hydrogen) atoms. The van der Waals surface area contributed by atoms with Gasteiger partial charge in [0, 0.05) is 38.3 Å². The number of carbonyl (C=O) groups is 1. The molecule has 9 heteroatoms. The van der Waals surface area contributed by atoms with Crippen molar-refractivity contribution in [1.29, 1.82) is 0 Å². The number of nitrogens with one attached hydrogen (secondary N) is 1. The summed E-state index contributed by atoms with van der Waals surface area (Å²) < 4.78 is 33.8. The van der Waals surface area contributed by atoms with Gasteiger partial charge in [-0.3, -0.25) is 5.10 Å². The molecule has 0 aliphatic carbocycles. The molecule has 3 heterocycles. The lowest BCUT2D eigenvalue weighted by molar-refractivity contribution is 0.0460. The van der Waals surface area contributed by atoms with E-state index in [2.05, 4.69) is 10.2 Å². The number of sulfonamides is 1. The third-order valence-electron chi connectivity index (χ3n) is 5.29. The Labute approximate surface area is 158 Å². The van der Waals surface area contributed by atoms with Crippen LogP contribution >= 0.6 is 0 Å². The fraction of sp³-hybridized carbons (Fsp3) is 0.444. The Bertz CT molecular complexity index is 944. The van der Waals surface area contributed by atoms with Gasteiger partial charge in [-0.1, -0.05) is 18.2 Å². The van der Waals surface area contributed by atoms with Crippen molar-refractivity contribution >= 4 is 16.1 Å². The lowest BCUT2D eigenvalue weighted by atomic mass is 9.95. The summed E-state index contributed by atoms with van der Waals surface area (Å²) >= 11 is 0. The maximum atomic E-state index is 13.4. The first-order valence-electron chi connectivity index (χ1n) is 8.94. The zero-order chi connectivity index (χ0) is 19.1. The molecule has 2 aromatic rings. The van der Waals surface area contributed by atoms with Crippen LogP contribution in [0.1, 0.15) is 19.3 Å². The highest BCUT2D eigenvalue weighted by Gasteiger charge is 2.45. The summed E-state index contributed by atoms with van der Waals surface area (Å²) in [5.41, 5.74) is 0.673. The normalized spacial score (nSPS) is 24.2. The SMILES string of the molecule is CN1CC2(CCCN(S(=O)(=O)c3ccccc3-c3ccn[nH]3)CC2)OC1=O. The molecule has 1 atom stereocenters. The van der Waals surface area contributed by atoms with E-state index in [1.54, 1.807) is 48.5 Å². The smallest absolute Gasteiger partial charge is 0.410 e. The summed E-state index contributed by atoms with van der Waals surface area (Å²) in [4.78, 5) is 13.6. The van der Waals surface area contributed by atoms with Crippen LogP contribution in [0.25, 0.3) is 11.3 Å². The topological polar surface area (TPSA) is 95.6 Å². The minimum atomic E-state index is -3.68. The highest BCUT2D eigenvalue weighted by molar-refractivity contribution is 7.89. The van der Waals surface area contributed by atoms with Crippen molar-refractivity contribution in [3.05, 3.63) is 36.5 Å². The van der Waals surface area contributed by atoms with Crippen LogP contribution in [0.3, 0.4) is 0 Å². The lowest BCUT2D eigenvalue weighted by Gasteiger charge is -2.25. The van der Waals surface area contributed by atoms with Crippen LogP contribution in [0.15, 0.2) is 41.4 Å². The van der Waals surface area contributed by atoms with Crippen LogP contribution in [-0.4, -0.2) is 66.2 Å². The molecule has 144 valence electrons. The predicted octanol–water partition coefficient (Wildman–Crippen LogP) is 2.07. The Morgan fingerprint density at radius 3 is 2.70 bits per heavy atom. The summed E-state index contributed by atoms with van der Waals surface area (Å²) in [6.45, 7) is 1.23. The van der Waals surface area contributed by atoms with E-state index in [9.17, 15) is 13.2 Å². The Morgan fingerprint density at radius 1 is 1.19 bits per heavy atom. The van der Waals surface area contributed by atoms with Crippen molar-refractivity contribution in [3.63, 3.8) is 0 Å². The fourth-order valence-electron chi connectivity index (χ4n) is 3.89. The lowest BCUT2D eigenvalue weighted by Crippen LogP contribution is -2.37. The van der Waals surface area contributed by atoms with E-state index in [4.69, 9.17) is 4.74 Å². The Morgan fingerprint density at radius 2 is 2.00 bits per heavy atom. The van der Waals surface area contributed by atoms with Crippen LogP contribution in [0.5, 0.6) is 0 Å². The number of amides is 1. The molecular weight excluding hydrogens is 368 g/mol. The molecule has 0 saturated carbocycles. The summed E-state index contributed by atoms with van der Waals surface area (Å²) in [5.74, 6) is 0. The van der Waals surface area contributed by atoms with E-state index < -0.39 is 15.6 Å². The zero-order valence-electron chi connectivity index (χ0n) is 15.1. The average molecular weight is 390 g/mol. The van der Waals surface area contributed by atoms with Gasteiger partial charge < -0.3 is 9.64 Å². The number of rotatable bonds is 3. The van der Waals surface area contributed by atoms with Gasteiger partial charge in [0.2, 0.25) is 10.0 Å². The molecule has 1 aromatic heterocycles. The Hall–Kier alpha value is -2.39. The van der Waals surface area contributed by atoms with E-state index >= 15 is 0 Å². The highest BCUT2D eigenvalue weighted by atomic mass is 32.2. The molecule has 1 aromatic carbocycles. The number of carbonyl (C=O) groups excluding carboxylic acids is 1. The number of benzene rings is 1. The van der Waals surface area contributed by atoms with E-state index in [1.807, 2.05) is 0 Å². The molecule has 2 aliphatic rings. The molecule has 1 amide bonds. The first-order valence-corrected chi connectivity index (χ1v) is 10.4. The van der Waals surface area contributed by atoms with E-state index in [-0.39, 0.29) is 11.0 Å². The van der Waals surface area contributed by atoms with Gasteiger partial charge in [0.25, 0.3) is 0 Å². The summed E-state index contributed by atoms with van der Waals surface area (Å²) in [7, 11) is -1.98. The zero-order valence-corrected chi connectivity index (χ0v) is 15.9. The van der Waals surface area contributed by atoms with Crippen LogP contribution < -0.4 is 0 Å². The second kappa shape index (κ2) is 6.65. The number of H-pyrrole nitrogens is 1. The Balaban J connectivity index is 1.62. The van der Waals surface area contributed by atoms with Crippen LogP contribution in [-0.2, 0) is 14.8 Å². The minimum Gasteiger partial charge on any atom is -0.441 e.